The van der Waals surface area contributed by atoms with Gasteiger partial charge in [-0.25, -0.2) is 8.78 Å². The maximum atomic E-state index is 13.4. The Morgan fingerprint density at radius 1 is 1.04 bits per heavy atom. The maximum Gasteiger partial charge on any atom is 0.147 e. The Bertz CT molecular complexity index is 911. The highest BCUT2D eigenvalue weighted by atomic mass is 19.1. The molecule has 2 heterocycles. The van der Waals surface area contributed by atoms with Gasteiger partial charge >= 0.3 is 0 Å². The quantitative estimate of drug-likeness (QED) is 0.644. The number of benzene rings is 1. The van der Waals surface area contributed by atoms with E-state index in [1.165, 1.54) is 12.1 Å². The number of nitrogens with zero attached hydrogens (tertiary/aromatic N) is 2. The van der Waals surface area contributed by atoms with Gasteiger partial charge in [-0.3, -0.25) is 4.98 Å². The van der Waals surface area contributed by atoms with E-state index in [4.69, 9.17) is 9.72 Å². The third-order valence-corrected chi connectivity index (χ3v) is 4.58. The lowest BCUT2D eigenvalue weighted by atomic mass is 10.2. The van der Waals surface area contributed by atoms with Crippen molar-refractivity contribution in [3.05, 3.63) is 58.4 Å². The van der Waals surface area contributed by atoms with Crippen molar-refractivity contribution in [3.8, 4) is 5.75 Å². The number of aryl methyl sites for hydroxylation is 3. The van der Waals surface area contributed by atoms with Crippen LogP contribution in [0.15, 0.2) is 24.3 Å². The summed E-state index contributed by atoms with van der Waals surface area (Å²) in [7, 11) is 0. The van der Waals surface area contributed by atoms with Gasteiger partial charge in [0.1, 0.15) is 29.5 Å². The van der Waals surface area contributed by atoms with E-state index in [9.17, 15) is 8.78 Å². The first-order chi connectivity index (χ1) is 11.9. The highest BCUT2D eigenvalue weighted by Crippen LogP contribution is 2.32. The van der Waals surface area contributed by atoms with Crippen molar-refractivity contribution in [2.45, 2.75) is 47.3 Å². The first-order valence-corrected chi connectivity index (χ1v) is 8.51. The summed E-state index contributed by atoms with van der Waals surface area (Å²) in [6, 6.07) is 5.36. The predicted molar refractivity (Wildman–Crippen MR) is 94.9 cm³/mol. The first-order valence-electron chi connectivity index (χ1n) is 8.51. The standard InChI is InChI=1S/C20H22F2N2O/c1-5-17-10-18(25-11-14-7-15(21)9-16(22)8-14)20-19(23-17)12(3)13(4)24(20)6-2/h7-10H,5-6,11H2,1-4H3. The molecule has 0 aliphatic rings. The Morgan fingerprint density at radius 3 is 2.32 bits per heavy atom. The monoisotopic (exact) mass is 344 g/mol. The van der Waals surface area contributed by atoms with E-state index in [1.807, 2.05) is 13.0 Å². The fourth-order valence-electron chi connectivity index (χ4n) is 3.17. The first kappa shape index (κ1) is 17.4. The van der Waals surface area contributed by atoms with Crippen LogP contribution in [0.4, 0.5) is 8.78 Å². The second-order valence-corrected chi connectivity index (χ2v) is 6.18. The van der Waals surface area contributed by atoms with Crippen LogP contribution in [0.25, 0.3) is 11.0 Å². The number of fused-ring (bicyclic) bond motifs is 1. The van der Waals surface area contributed by atoms with Crippen LogP contribution in [0.3, 0.4) is 0 Å². The van der Waals surface area contributed by atoms with Crippen LogP contribution in [0.1, 0.15) is 36.4 Å². The molecule has 5 heteroatoms. The van der Waals surface area contributed by atoms with Crippen LogP contribution < -0.4 is 4.74 Å². The number of hydrogen-bond donors (Lipinski definition) is 0. The van der Waals surface area contributed by atoms with Gasteiger partial charge in [-0.15, -0.1) is 0 Å². The summed E-state index contributed by atoms with van der Waals surface area (Å²) < 4.78 is 34.9. The van der Waals surface area contributed by atoms with Crippen LogP contribution in [0.5, 0.6) is 5.75 Å². The second-order valence-electron chi connectivity index (χ2n) is 6.18. The molecule has 3 nitrogen and oxygen atoms in total. The molecule has 0 aliphatic carbocycles. The summed E-state index contributed by atoms with van der Waals surface area (Å²) in [5, 5.41) is 0. The van der Waals surface area contributed by atoms with E-state index in [1.54, 1.807) is 0 Å². The van der Waals surface area contributed by atoms with Crippen LogP contribution >= 0.6 is 0 Å². The average Bonchev–Trinajstić information content (AvgIpc) is 2.83. The fraction of sp³-hybridized carbons (Fsp3) is 0.350. The van der Waals surface area contributed by atoms with E-state index < -0.39 is 11.6 Å². The van der Waals surface area contributed by atoms with Crippen LogP contribution in [0, 0.1) is 25.5 Å². The number of hydrogen-bond acceptors (Lipinski definition) is 2. The predicted octanol–water partition coefficient (Wildman–Crippen LogP) is 5.09. The van der Waals surface area contributed by atoms with Crippen molar-refractivity contribution < 1.29 is 13.5 Å². The second kappa shape index (κ2) is 6.82. The van der Waals surface area contributed by atoms with Crippen LogP contribution in [0.2, 0.25) is 0 Å². The zero-order valence-corrected chi connectivity index (χ0v) is 15.0. The van der Waals surface area contributed by atoms with Gasteiger partial charge in [0.2, 0.25) is 0 Å². The zero-order chi connectivity index (χ0) is 18.1. The smallest absolute Gasteiger partial charge is 0.147 e. The third kappa shape index (κ3) is 3.23. The van der Waals surface area contributed by atoms with Gasteiger partial charge in [-0.05, 0) is 50.5 Å². The number of halogens is 2. The average molecular weight is 344 g/mol. The molecule has 0 unspecified atom stereocenters. The summed E-state index contributed by atoms with van der Waals surface area (Å²) in [6.45, 7) is 9.14. The summed E-state index contributed by atoms with van der Waals surface area (Å²) in [4.78, 5) is 4.75. The van der Waals surface area contributed by atoms with Crippen molar-refractivity contribution in [1.82, 2.24) is 9.55 Å². The largest absolute Gasteiger partial charge is 0.487 e. The molecule has 0 atom stereocenters. The van der Waals surface area contributed by atoms with Crippen molar-refractivity contribution in [1.29, 1.82) is 0 Å². The molecule has 2 aromatic heterocycles. The Labute approximate surface area is 146 Å². The minimum absolute atomic E-state index is 0.101. The molecule has 0 fully saturated rings. The van der Waals surface area contributed by atoms with Crippen molar-refractivity contribution in [3.63, 3.8) is 0 Å². The van der Waals surface area contributed by atoms with Gasteiger partial charge < -0.3 is 9.30 Å². The maximum absolute atomic E-state index is 13.4. The van der Waals surface area contributed by atoms with Crippen molar-refractivity contribution in [2.75, 3.05) is 0 Å². The molecule has 25 heavy (non-hydrogen) atoms. The van der Waals surface area contributed by atoms with Gasteiger partial charge in [-0.1, -0.05) is 6.92 Å². The molecule has 0 N–H and O–H groups in total. The zero-order valence-electron chi connectivity index (χ0n) is 15.0. The lowest BCUT2D eigenvalue weighted by Gasteiger charge is -2.12. The molecule has 0 amide bonds. The molecule has 0 spiro atoms. The Hall–Kier alpha value is -2.43. The molecule has 0 saturated heterocycles. The number of rotatable bonds is 5. The van der Waals surface area contributed by atoms with E-state index in [0.29, 0.717) is 11.3 Å². The molecule has 0 saturated carbocycles. The molecule has 0 aliphatic heterocycles. The van der Waals surface area contributed by atoms with Crippen molar-refractivity contribution >= 4 is 11.0 Å². The van der Waals surface area contributed by atoms with E-state index >= 15 is 0 Å². The van der Waals surface area contributed by atoms with Gasteiger partial charge in [-0.2, -0.15) is 0 Å². The Morgan fingerprint density at radius 2 is 1.72 bits per heavy atom. The van der Waals surface area contributed by atoms with Gasteiger partial charge in [0.15, 0.2) is 0 Å². The van der Waals surface area contributed by atoms with Gasteiger partial charge in [0.05, 0.1) is 5.52 Å². The summed E-state index contributed by atoms with van der Waals surface area (Å²) in [6.07, 6.45) is 0.788. The van der Waals surface area contributed by atoms with Gasteiger partial charge in [0, 0.05) is 30.1 Å². The van der Waals surface area contributed by atoms with Gasteiger partial charge in [0.25, 0.3) is 0 Å². The lowest BCUT2D eigenvalue weighted by molar-refractivity contribution is 0.306. The number of aromatic nitrogens is 2. The highest BCUT2D eigenvalue weighted by molar-refractivity contribution is 5.87. The topological polar surface area (TPSA) is 27.1 Å². The van der Waals surface area contributed by atoms with E-state index in [0.717, 1.165) is 47.0 Å². The summed E-state index contributed by atoms with van der Waals surface area (Å²) in [5.41, 5.74) is 5.55. The lowest BCUT2D eigenvalue weighted by Crippen LogP contribution is -2.03. The van der Waals surface area contributed by atoms with Crippen LogP contribution in [-0.2, 0) is 19.6 Å². The van der Waals surface area contributed by atoms with E-state index in [-0.39, 0.29) is 6.61 Å². The number of pyridine rings is 1. The van der Waals surface area contributed by atoms with Crippen LogP contribution in [-0.4, -0.2) is 9.55 Å². The minimum atomic E-state index is -0.601. The Balaban J connectivity index is 2.06. The summed E-state index contributed by atoms with van der Waals surface area (Å²) >= 11 is 0. The van der Waals surface area contributed by atoms with Crippen molar-refractivity contribution in [2.24, 2.45) is 0 Å². The molecule has 132 valence electrons. The molecular formula is C20H22F2N2O. The minimum Gasteiger partial charge on any atom is -0.487 e. The fourth-order valence-corrected chi connectivity index (χ4v) is 3.17. The Kier molecular flexibility index (Phi) is 4.75. The molecule has 1 aromatic carbocycles. The summed E-state index contributed by atoms with van der Waals surface area (Å²) in [5.74, 6) is -0.503. The molecule has 0 radical (unpaired) electrons. The molecular weight excluding hydrogens is 322 g/mol. The number of ether oxygens (including phenoxy) is 1. The SMILES string of the molecule is CCc1cc(OCc2cc(F)cc(F)c2)c2c(n1)c(C)c(C)n2CC. The normalized spacial score (nSPS) is 11.3. The van der Waals surface area contributed by atoms with E-state index in [2.05, 4.69) is 25.3 Å². The molecule has 0 bridgehead atoms. The molecule has 3 rings (SSSR count). The highest BCUT2D eigenvalue weighted by Gasteiger charge is 2.17. The molecule has 3 aromatic rings. The third-order valence-electron chi connectivity index (χ3n) is 4.58.